The van der Waals surface area contributed by atoms with Crippen molar-refractivity contribution >= 4 is 35.0 Å². The highest BCUT2D eigenvalue weighted by Crippen LogP contribution is 2.33. The lowest BCUT2D eigenvalue weighted by molar-refractivity contribution is -0.384. The lowest BCUT2D eigenvalue weighted by atomic mass is 10.1. The second kappa shape index (κ2) is 8.20. The Hall–Kier alpha value is -3.89. The summed E-state index contributed by atoms with van der Waals surface area (Å²) in [6, 6.07) is 17.8. The van der Waals surface area contributed by atoms with Gasteiger partial charge in [-0.2, -0.15) is 5.26 Å². The fourth-order valence-electron chi connectivity index (χ4n) is 2.45. The molecule has 1 aromatic heterocycles. The van der Waals surface area contributed by atoms with E-state index in [1.807, 2.05) is 6.07 Å². The summed E-state index contributed by atoms with van der Waals surface area (Å²) >= 11 is 5.82. The Morgan fingerprint density at radius 1 is 1.18 bits per heavy atom. The van der Waals surface area contributed by atoms with Crippen molar-refractivity contribution in [2.24, 2.45) is 0 Å². The number of benzene rings is 2. The second-order valence-electron chi connectivity index (χ2n) is 5.61. The third kappa shape index (κ3) is 4.26. The van der Waals surface area contributed by atoms with E-state index in [2.05, 4.69) is 5.32 Å². The highest BCUT2D eigenvalue weighted by atomic mass is 35.5. The molecule has 3 aromatic rings. The van der Waals surface area contributed by atoms with E-state index in [4.69, 9.17) is 16.0 Å². The molecule has 8 heteroatoms. The summed E-state index contributed by atoms with van der Waals surface area (Å²) in [5, 5.41) is 23.4. The van der Waals surface area contributed by atoms with Crippen molar-refractivity contribution in [3.63, 3.8) is 0 Å². The maximum absolute atomic E-state index is 12.3. The first-order valence-electron chi connectivity index (χ1n) is 8.00. The number of rotatable bonds is 5. The lowest BCUT2D eigenvalue weighted by Gasteiger charge is -2.03. The fraction of sp³-hybridized carbons (Fsp3) is 0. The molecule has 28 heavy (non-hydrogen) atoms. The van der Waals surface area contributed by atoms with Gasteiger partial charge in [-0.3, -0.25) is 14.9 Å². The van der Waals surface area contributed by atoms with Gasteiger partial charge in [0.05, 0.1) is 10.5 Å². The topological polar surface area (TPSA) is 109 Å². The van der Waals surface area contributed by atoms with Crippen molar-refractivity contribution in [3.05, 3.63) is 87.1 Å². The maximum atomic E-state index is 12.3. The summed E-state index contributed by atoms with van der Waals surface area (Å²) in [6.07, 6.45) is 1.27. The van der Waals surface area contributed by atoms with Gasteiger partial charge in [-0.25, -0.2) is 0 Å². The van der Waals surface area contributed by atoms with Crippen LogP contribution in [-0.4, -0.2) is 10.8 Å². The molecule has 0 atom stereocenters. The predicted molar refractivity (Wildman–Crippen MR) is 104 cm³/mol. The number of nitro benzene ring substituents is 1. The third-order valence-electron chi connectivity index (χ3n) is 3.73. The van der Waals surface area contributed by atoms with E-state index in [1.54, 1.807) is 30.3 Å². The lowest BCUT2D eigenvalue weighted by Crippen LogP contribution is -2.13. The number of nitro groups is 1. The fourth-order valence-corrected chi connectivity index (χ4v) is 2.62. The van der Waals surface area contributed by atoms with Crippen LogP contribution in [0.4, 0.5) is 11.4 Å². The zero-order valence-corrected chi connectivity index (χ0v) is 15.0. The molecule has 0 aliphatic rings. The number of hydrogen-bond donors (Lipinski definition) is 1. The van der Waals surface area contributed by atoms with Crippen molar-refractivity contribution in [2.75, 3.05) is 5.32 Å². The van der Waals surface area contributed by atoms with E-state index in [1.165, 1.54) is 36.4 Å². The summed E-state index contributed by atoms with van der Waals surface area (Å²) in [5.74, 6) is -0.168. The van der Waals surface area contributed by atoms with Gasteiger partial charge in [0.1, 0.15) is 23.2 Å². The van der Waals surface area contributed by atoms with Crippen molar-refractivity contribution in [2.45, 2.75) is 0 Å². The molecular formula is C20H12ClN3O4. The third-order valence-corrected chi connectivity index (χ3v) is 3.97. The first kappa shape index (κ1) is 18.9. The Bertz CT molecular complexity index is 1110. The summed E-state index contributed by atoms with van der Waals surface area (Å²) in [7, 11) is 0. The number of halogens is 1. The molecule has 138 valence electrons. The average molecular weight is 394 g/mol. The zero-order valence-electron chi connectivity index (χ0n) is 14.3. The van der Waals surface area contributed by atoms with Gasteiger partial charge in [0.25, 0.3) is 11.6 Å². The molecule has 0 saturated heterocycles. The van der Waals surface area contributed by atoms with Gasteiger partial charge in [-0.1, -0.05) is 29.8 Å². The van der Waals surface area contributed by atoms with Crippen LogP contribution in [0, 0.1) is 21.4 Å². The Morgan fingerprint density at radius 2 is 1.93 bits per heavy atom. The number of nitrogens with one attached hydrogen (secondary N) is 1. The van der Waals surface area contributed by atoms with Crippen LogP contribution in [0.15, 0.2) is 70.7 Å². The second-order valence-corrected chi connectivity index (χ2v) is 6.05. The van der Waals surface area contributed by atoms with E-state index in [0.29, 0.717) is 5.69 Å². The normalized spacial score (nSPS) is 10.9. The molecular weight excluding hydrogens is 382 g/mol. The molecule has 1 amide bonds. The standard InChI is InChI=1S/C20H12ClN3O4/c21-14-6-8-17(18(11-14)24(26)27)19-9-7-16(28-19)10-13(12-22)20(25)23-15-4-2-1-3-5-15/h1-11H,(H,23,25)/b13-10+. The molecule has 0 aliphatic heterocycles. The van der Waals surface area contributed by atoms with Crippen molar-refractivity contribution in [1.82, 2.24) is 0 Å². The van der Waals surface area contributed by atoms with Crippen LogP contribution >= 0.6 is 11.6 Å². The van der Waals surface area contributed by atoms with Crippen LogP contribution in [-0.2, 0) is 4.79 Å². The van der Waals surface area contributed by atoms with Crippen molar-refractivity contribution in [1.29, 1.82) is 5.26 Å². The molecule has 0 fully saturated rings. The van der Waals surface area contributed by atoms with Gasteiger partial charge in [0.2, 0.25) is 0 Å². The van der Waals surface area contributed by atoms with E-state index < -0.39 is 10.8 Å². The first-order valence-corrected chi connectivity index (χ1v) is 8.38. The summed E-state index contributed by atoms with van der Waals surface area (Å²) in [6.45, 7) is 0. The Balaban J connectivity index is 1.88. The maximum Gasteiger partial charge on any atom is 0.281 e. The largest absolute Gasteiger partial charge is 0.456 e. The molecule has 0 radical (unpaired) electrons. The quantitative estimate of drug-likeness (QED) is 0.282. The van der Waals surface area contributed by atoms with E-state index in [9.17, 15) is 20.2 Å². The minimum atomic E-state index is -0.593. The van der Waals surface area contributed by atoms with Crippen molar-refractivity contribution < 1.29 is 14.1 Å². The van der Waals surface area contributed by atoms with Crippen LogP contribution in [0.25, 0.3) is 17.4 Å². The average Bonchev–Trinajstić information content (AvgIpc) is 3.15. The molecule has 0 aliphatic carbocycles. The number of carbonyl (C=O) groups is 1. The number of furan rings is 1. The van der Waals surface area contributed by atoms with E-state index in [0.717, 1.165) is 0 Å². The molecule has 0 saturated carbocycles. The van der Waals surface area contributed by atoms with Crippen LogP contribution in [0.2, 0.25) is 5.02 Å². The SMILES string of the molecule is N#C/C(=C\c1ccc(-c2ccc(Cl)cc2[N+](=O)[O-])o1)C(=O)Nc1ccccc1. The summed E-state index contributed by atoms with van der Waals surface area (Å²) in [4.78, 5) is 22.9. The van der Waals surface area contributed by atoms with Gasteiger partial charge in [0, 0.05) is 22.9 Å². The van der Waals surface area contributed by atoms with Gasteiger partial charge in [0.15, 0.2) is 0 Å². The summed E-state index contributed by atoms with van der Waals surface area (Å²) in [5.41, 5.74) is 0.405. The van der Waals surface area contributed by atoms with Gasteiger partial charge in [-0.15, -0.1) is 0 Å². The monoisotopic (exact) mass is 393 g/mol. The molecule has 1 heterocycles. The highest BCUT2D eigenvalue weighted by molar-refractivity contribution is 6.30. The number of nitrogens with zero attached hydrogens (tertiary/aromatic N) is 2. The van der Waals surface area contributed by atoms with Gasteiger partial charge in [-0.05, 0) is 36.4 Å². The van der Waals surface area contributed by atoms with Crippen molar-refractivity contribution in [3.8, 4) is 17.4 Å². The minimum absolute atomic E-state index is 0.171. The molecule has 1 N–H and O–H groups in total. The molecule has 7 nitrogen and oxygen atoms in total. The molecule has 0 bridgehead atoms. The Morgan fingerprint density at radius 3 is 2.61 bits per heavy atom. The van der Waals surface area contributed by atoms with Crippen LogP contribution in [0.1, 0.15) is 5.76 Å². The minimum Gasteiger partial charge on any atom is -0.456 e. The first-order chi connectivity index (χ1) is 13.5. The van der Waals surface area contributed by atoms with Gasteiger partial charge < -0.3 is 9.73 Å². The Labute approximate surface area is 164 Å². The highest BCUT2D eigenvalue weighted by Gasteiger charge is 2.19. The van der Waals surface area contributed by atoms with E-state index >= 15 is 0 Å². The smallest absolute Gasteiger partial charge is 0.281 e. The Kier molecular flexibility index (Phi) is 5.53. The number of amides is 1. The number of para-hydroxylation sites is 1. The summed E-state index contributed by atoms with van der Waals surface area (Å²) < 4.78 is 5.58. The number of anilines is 1. The van der Waals surface area contributed by atoms with E-state index in [-0.39, 0.29) is 33.4 Å². The van der Waals surface area contributed by atoms with Crippen LogP contribution in [0.5, 0.6) is 0 Å². The van der Waals surface area contributed by atoms with Crippen LogP contribution < -0.4 is 5.32 Å². The van der Waals surface area contributed by atoms with Gasteiger partial charge >= 0.3 is 0 Å². The molecule has 3 rings (SSSR count). The number of carbonyl (C=O) groups excluding carboxylic acids is 1. The zero-order chi connectivity index (χ0) is 20.1. The molecule has 0 unspecified atom stereocenters. The number of nitriles is 1. The number of hydrogen-bond acceptors (Lipinski definition) is 5. The molecule has 0 spiro atoms. The van der Waals surface area contributed by atoms with Crippen LogP contribution in [0.3, 0.4) is 0 Å². The molecule has 2 aromatic carbocycles. The predicted octanol–water partition coefficient (Wildman–Crippen LogP) is 5.05.